The van der Waals surface area contributed by atoms with E-state index in [1.165, 1.54) is 0 Å². The summed E-state index contributed by atoms with van der Waals surface area (Å²) < 4.78 is 32.7. The minimum atomic E-state index is -2.51. The first-order chi connectivity index (χ1) is 5.11. The zero-order valence-corrected chi connectivity index (χ0v) is 5.98. The molecule has 4 nitrogen and oxygen atoms in total. The van der Waals surface area contributed by atoms with Crippen LogP contribution in [0.5, 0.6) is 0 Å². The average Bonchev–Trinajstić information content (AvgIpc) is 1.94. The van der Waals surface area contributed by atoms with E-state index in [4.69, 9.17) is 0 Å². The van der Waals surface area contributed by atoms with E-state index in [1.54, 1.807) is 0 Å². The minimum Gasteiger partial charge on any atom is -0.768 e. The van der Waals surface area contributed by atoms with Crippen molar-refractivity contribution in [2.24, 2.45) is 0 Å². The highest BCUT2D eigenvalue weighted by Gasteiger charge is 1.98. The maximum atomic E-state index is 12.3. The molecule has 60 valence electrons. The third kappa shape index (κ3) is 1.72. The van der Waals surface area contributed by atoms with Gasteiger partial charge in [0.25, 0.3) is 5.56 Å². The lowest BCUT2D eigenvalue weighted by atomic mass is 10.5. The van der Waals surface area contributed by atoms with Crippen LogP contribution in [0.3, 0.4) is 0 Å². The first kappa shape index (κ1) is 8.09. The zero-order chi connectivity index (χ0) is 8.43. The second-order valence-corrected chi connectivity index (χ2v) is 2.69. The van der Waals surface area contributed by atoms with Crippen LogP contribution in [0.15, 0.2) is 22.0 Å². The number of rotatable bonds is 1. The molecule has 11 heavy (non-hydrogen) atoms. The molecule has 0 fully saturated rings. The van der Waals surface area contributed by atoms with E-state index in [0.717, 1.165) is 6.20 Å². The van der Waals surface area contributed by atoms with Crippen LogP contribution in [-0.4, -0.2) is 13.7 Å². The molecule has 0 amide bonds. The van der Waals surface area contributed by atoms with Crippen LogP contribution in [0.1, 0.15) is 0 Å². The van der Waals surface area contributed by atoms with Crippen LogP contribution in [0.4, 0.5) is 4.39 Å². The van der Waals surface area contributed by atoms with Crippen LogP contribution in [-0.2, 0) is 11.1 Å². The Morgan fingerprint density at radius 2 is 2.27 bits per heavy atom. The normalized spacial score (nSPS) is 12.9. The molecule has 0 aliphatic heterocycles. The Hall–Kier alpha value is -1.01. The summed E-state index contributed by atoms with van der Waals surface area (Å²) in [6, 6.07) is 0.655. The van der Waals surface area contributed by atoms with Crippen molar-refractivity contribution in [1.82, 2.24) is 4.98 Å². The number of hydrogen-bond acceptors (Lipinski definition) is 3. The quantitative estimate of drug-likeness (QED) is 0.600. The standard InChI is InChI=1S/C5H4FNO3S/c6-4-1-3(11(9)10)2-7-5(4)8/h1-2H,(H,7,8)(H,9,10)/p-1. The molecule has 0 aliphatic rings. The SMILES string of the molecule is O=c1[nH]cc(S(=O)[O-])cc1F. The van der Waals surface area contributed by atoms with Gasteiger partial charge in [0.2, 0.25) is 0 Å². The van der Waals surface area contributed by atoms with E-state index in [0.29, 0.717) is 6.07 Å². The highest BCUT2D eigenvalue weighted by molar-refractivity contribution is 7.79. The van der Waals surface area contributed by atoms with Crippen molar-refractivity contribution in [2.45, 2.75) is 4.90 Å². The van der Waals surface area contributed by atoms with Gasteiger partial charge in [-0.2, -0.15) is 0 Å². The van der Waals surface area contributed by atoms with Gasteiger partial charge in [0.05, 0.1) is 0 Å². The van der Waals surface area contributed by atoms with Crippen molar-refractivity contribution in [3.8, 4) is 0 Å². The number of halogens is 1. The number of aromatic amines is 1. The van der Waals surface area contributed by atoms with Crippen LogP contribution in [0, 0.1) is 5.82 Å². The number of hydrogen-bond donors (Lipinski definition) is 1. The van der Waals surface area contributed by atoms with Gasteiger partial charge in [0, 0.05) is 11.1 Å². The molecule has 1 N–H and O–H groups in total. The highest BCUT2D eigenvalue weighted by atomic mass is 32.2. The summed E-state index contributed by atoms with van der Waals surface area (Å²) in [5.74, 6) is -1.10. The Labute approximate surface area is 63.4 Å². The summed E-state index contributed by atoms with van der Waals surface area (Å²) in [6.07, 6.45) is 0.925. The van der Waals surface area contributed by atoms with Crippen LogP contribution < -0.4 is 5.56 Å². The molecular formula is C5H3FNO3S-. The summed E-state index contributed by atoms with van der Waals surface area (Å²) in [7, 11) is 0. The van der Waals surface area contributed by atoms with Crippen molar-refractivity contribution in [3.05, 3.63) is 28.4 Å². The summed E-state index contributed by atoms with van der Waals surface area (Å²) in [5.41, 5.74) is -0.931. The molecule has 0 aliphatic carbocycles. The van der Waals surface area contributed by atoms with Crippen molar-refractivity contribution < 1.29 is 13.2 Å². The Morgan fingerprint density at radius 3 is 2.73 bits per heavy atom. The number of H-pyrrole nitrogens is 1. The molecule has 0 radical (unpaired) electrons. The molecule has 1 heterocycles. The fraction of sp³-hybridized carbons (Fsp3) is 0. The van der Waals surface area contributed by atoms with E-state index < -0.39 is 22.5 Å². The van der Waals surface area contributed by atoms with Gasteiger partial charge in [0.15, 0.2) is 5.82 Å². The molecule has 1 atom stereocenters. The molecule has 0 saturated heterocycles. The van der Waals surface area contributed by atoms with Gasteiger partial charge < -0.3 is 9.54 Å². The number of aromatic nitrogens is 1. The van der Waals surface area contributed by atoms with Gasteiger partial charge >= 0.3 is 0 Å². The average molecular weight is 176 g/mol. The van der Waals surface area contributed by atoms with Crippen molar-refractivity contribution >= 4 is 11.1 Å². The minimum absolute atomic E-state index is 0.276. The molecular weight excluding hydrogens is 173 g/mol. The Bertz CT molecular complexity index is 348. The van der Waals surface area contributed by atoms with E-state index >= 15 is 0 Å². The largest absolute Gasteiger partial charge is 0.768 e. The molecule has 6 heteroatoms. The first-order valence-electron chi connectivity index (χ1n) is 2.59. The van der Waals surface area contributed by atoms with E-state index in [-0.39, 0.29) is 4.90 Å². The molecule has 1 aromatic heterocycles. The van der Waals surface area contributed by atoms with E-state index in [2.05, 4.69) is 0 Å². The summed E-state index contributed by atoms with van der Waals surface area (Å²) in [6.45, 7) is 0. The van der Waals surface area contributed by atoms with Crippen molar-refractivity contribution in [1.29, 1.82) is 0 Å². The first-order valence-corrected chi connectivity index (χ1v) is 3.66. The molecule has 1 rings (SSSR count). The van der Waals surface area contributed by atoms with Gasteiger partial charge in [-0.05, 0) is 17.1 Å². The monoisotopic (exact) mass is 176 g/mol. The van der Waals surface area contributed by atoms with Crippen LogP contribution in [0.25, 0.3) is 0 Å². The Balaban J connectivity index is 3.26. The molecule has 0 aromatic carbocycles. The topological polar surface area (TPSA) is 73.0 Å². The molecule has 0 saturated carbocycles. The fourth-order valence-electron chi connectivity index (χ4n) is 0.534. The molecule has 0 spiro atoms. The highest BCUT2D eigenvalue weighted by Crippen LogP contribution is 2.00. The Morgan fingerprint density at radius 1 is 1.64 bits per heavy atom. The lowest BCUT2D eigenvalue weighted by molar-refractivity contribution is 0.533. The lowest BCUT2D eigenvalue weighted by Gasteiger charge is -2.02. The van der Waals surface area contributed by atoms with E-state index in [1.807, 2.05) is 4.98 Å². The summed E-state index contributed by atoms with van der Waals surface area (Å²) in [5, 5.41) is 0. The van der Waals surface area contributed by atoms with Gasteiger partial charge in [-0.15, -0.1) is 0 Å². The van der Waals surface area contributed by atoms with Crippen LogP contribution in [0.2, 0.25) is 0 Å². The molecule has 0 bridgehead atoms. The third-order valence-electron chi connectivity index (χ3n) is 1.02. The summed E-state index contributed by atoms with van der Waals surface area (Å²) in [4.78, 5) is 12.0. The molecule has 1 aromatic rings. The second kappa shape index (κ2) is 2.93. The number of pyridine rings is 1. The van der Waals surface area contributed by atoms with Gasteiger partial charge in [-0.25, -0.2) is 4.39 Å². The smallest absolute Gasteiger partial charge is 0.284 e. The number of nitrogens with one attached hydrogen (secondary N) is 1. The summed E-state index contributed by atoms with van der Waals surface area (Å²) >= 11 is -2.51. The maximum absolute atomic E-state index is 12.3. The predicted octanol–water partition coefficient (Wildman–Crippen LogP) is -0.248. The molecule has 1 unspecified atom stereocenters. The predicted molar refractivity (Wildman–Crippen MR) is 34.2 cm³/mol. The zero-order valence-electron chi connectivity index (χ0n) is 5.17. The van der Waals surface area contributed by atoms with Gasteiger partial charge in [-0.3, -0.25) is 9.00 Å². The van der Waals surface area contributed by atoms with Gasteiger partial charge in [-0.1, -0.05) is 0 Å². The van der Waals surface area contributed by atoms with Crippen LogP contribution >= 0.6 is 0 Å². The van der Waals surface area contributed by atoms with Crippen molar-refractivity contribution in [3.63, 3.8) is 0 Å². The fourth-order valence-corrected chi connectivity index (χ4v) is 0.889. The van der Waals surface area contributed by atoms with Gasteiger partial charge in [0.1, 0.15) is 0 Å². The van der Waals surface area contributed by atoms with E-state index in [9.17, 15) is 17.9 Å². The second-order valence-electron chi connectivity index (χ2n) is 1.75. The lowest BCUT2D eigenvalue weighted by Crippen LogP contribution is -2.10. The maximum Gasteiger partial charge on any atom is 0.284 e. The third-order valence-corrected chi connectivity index (χ3v) is 1.64. The Kier molecular flexibility index (Phi) is 2.16. The van der Waals surface area contributed by atoms with Crippen molar-refractivity contribution in [2.75, 3.05) is 0 Å².